The van der Waals surface area contributed by atoms with Crippen LogP contribution in [0.5, 0.6) is 11.5 Å². The number of carbonyl (C=O) groups is 2. The SMILES string of the molecule is COc1cc(/C=C(/C#N)C(=O)Nc2nnc(N3CCCCC3)s2)ccc1OC(=O)c1ccccc1. The van der Waals surface area contributed by atoms with Crippen LogP contribution in [0.25, 0.3) is 6.08 Å². The molecule has 0 unspecified atom stereocenters. The van der Waals surface area contributed by atoms with E-state index in [0.717, 1.165) is 31.1 Å². The lowest BCUT2D eigenvalue weighted by Gasteiger charge is -2.25. The molecule has 0 radical (unpaired) electrons. The molecule has 1 aliphatic heterocycles. The van der Waals surface area contributed by atoms with E-state index in [0.29, 0.717) is 16.3 Å². The van der Waals surface area contributed by atoms with Crippen molar-refractivity contribution in [3.63, 3.8) is 0 Å². The van der Waals surface area contributed by atoms with Gasteiger partial charge in [-0.3, -0.25) is 10.1 Å². The van der Waals surface area contributed by atoms with Crippen LogP contribution in [0.15, 0.2) is 54.1 Å². The van der Waals surface area contributed by atoms with E-state index in [9.17, 15) is 14.9 Å². The summed E-state index contributed by atoms with van der Waals surface area (Å²) in [6.07, 6.45) is 4.84. The number of esters is 1. The van der Waals surface area contributed by atoms with Gasteiger partial charge in [-0.2, -0.15) is 5.26 Å². The maximum atomic E-state index is 12.7. The maximum Gasteiger partial charge on any atom is 0.343 e. The van der Waals surface area contributed by atoms with E-state index in [-0.39, 0.29) is 17.1 Å². The number of nitrogens with one attached hydrogen (secondary N) is 1. The first-order valence-electron chi connectivity index (χ1n) is 11.0. The number of nitrogens with zero attached hydrogens (tertiary/aromatic N) is 4. The fourth-order valence-electron chi connectivity index (χ4n) is 3.55. The minimum atomic E-state index is -0.590. The molecular weight excluding hydrogens is 466 g/mol. The number of piperidine rings is 1. The Kier molecular flexibility index (Phi) is 7.70. The third-order valence-corrected chi connectivity index (χ3v) is 6.24. The summed E-state index contributed by atoms with van der Waals surface area (Å²) in [5, 5.41) is 21.5. The lowest BCUT2D eigenvalue weighted by atomic mass is 10.1. The van der Waals surface area contributed by atoms with Crippen molar-refractivity contribution < 1.29 is 19.1 Å². The number of anilines is 2. The van der Waals surface area contributed by atoms with Crippen molar-refractivity contribution in [1.82, 2.24) is 10.2 Å². The summed E-state index contributed by atoms with van der Waals surface area (Å²) < 4.78 is 10.8. The minimum Gasteiger partial charge on any atom is -0.493 e. The number of rotatable bonds is 7. The van der Waals surface area contributed by atoms with Gasteiger partial charge in [0.15, 0.2) is 11.5 Å². The van der Waals surface area contributed by atoms with Crippen LogP contribution in [0.1, 0.15) is 35.2 Å². The first-order valence-corrected chi connectivity index (χ1v) is 11.9. The second-order valence-corrected chi connectivity index (χ2v) is 8.68. The van der Waals surface area contributed by atoms with E-state index in [1.165, 1.54) is 30.9 Å². The molecular formula is C25H23N5O4S. The average molecular weight is 490 g/mol. The molecule has 35 heavy (non-hydrogen) atoms. The first kappa shape index (κ1) is 23.9. The summed E-state index contributed by atoms with van der Waals surface area (Å²) in [5.74, 6) is -0.603. The summed E-state index contributed by atoms with van der Waals surface area (Å²) in [4.78, 5) is 27.2. The Morgan fingerprint density at radius 2 is 1.86 bits per heavy atom. The van der Waals surface area contributed by atoms with Crippen LogP contribution in [0, 0.1) is 11.3 Å². The summed E-state index contributed by atoms with van der Waals surface area (Å²) in [7, 11) is 1.44. The molecule has 0 bridgehead atoms. The molecule has 0 aliphatic carbocycles. The first-order chi connectivity index (χ1) is 17.1. The van der Waals surface area contributed by atoms with Gasteiger partial charge in [-0.25, -0.2) is 4.79 Å². The molecule has 1 aliphatic rings. The highest BCUT2D eigenvalue weighted by Gasteiger charge is 2.18. The van der Waals surface area contributed by atoms with Crippen LogP contribution in [0.2, 0.25) is 0 Å². The fourth-order valence-corrected chi connectivity index (χ4v) is 4.34. The summed E-state index contributed by atoms with van der Waals surface area (Å²) in [5.41, 5.74) is 0.817. The quantitative estimate of drug-likeness (QED) is 0.226. The monoisotopic (exact) mass is 489 g/mol. The maximum absolute atomic E-state index is 12.7. The van der Waals surface area contributed by atoms with E-state index in [4.69, 9.17) is 9.47 Å². The van der Waals surface area contributed by atoms with Crippen molar-refractivity contribution >= 4 is 39.6 Å². The number of hydrogen-bond donors (Lipinski definition) is 1. The zero-order valence-corrected chi connectivity index (χ0v) is 19.9. The summed E-state index contributed by atoms with van der Waals surface area (Å²) in [6.45, 7) is 1.84. The van der Waals surface area contributed by atoms with Crippen molar-refractivity contribution in [2.45, 2.75) is 19.3 Å². The average Bonchev–Trinajstić information content (AvgIpc) is 3.37. The van der Waals surface area contributed by atoms with Crippen LogP contribution in [0.4, 0.5) is 10.3 Å². The van der Waals surface area contributed by atoms with Crippen LogP contribution >= 0.6 is 11.3 Å². The van der Waals surface area contributed by atoms with E-state index < -0.39 is 11.9 Å². The van der Waals surface area contributed by atoms with Gasteiger partial charge in [0.05, 0.1) is 12.7 Å². The predicted molar refractivity (Wildman–Crippen MR) is 133 cm³/mol. The Hall–Kier alpha value is -4.23. The van der Waals surface area contributed by atoms with Crippen molar-refractivity contribution in [2.75, 3.05) is 30.4 Å². The molecule has 9 nitrogen and oxygen atoms in total. The largest absolute Gasteiger partial charge is 0.493 e. The molecule has 1 N–H and O–H groups in total. The fraction of sp³-hybridized carbons (Fsp3) is 0.240. The topological polar surface area (TPSA) is 117 Å². The Morgan fingerprint density at radius 3 is 2.57 bits per heavy atom. The van der Waals surface area contributed by atoms with Crippen molar-refractivity contribution in [3.05, 3.63) is 65.2 Å². The van der Waals surface area contributed by atoms with E-state index in [1.54, 1.807) is 48.5 Å². The van der Waals surface area contributed by atoms with Gasteiger partial charge in [0.1, 0.15) is 11.6 Å². The molecule has 0 saturated carbocycles. The number of methoxy groups -OCH3 is 1. The smallest absolute Gasteiger partial charge is 0.343 e. The number of amides is 1. The van der Waals surface area contributed by atoms with E-state index in [1.807, 2.05) is 6.07 Å². The molecule has 2 heterocycles. The van der Waals surface area contributed by atoms with Gasteiger partial charge in [0.2, 0.25) is 10.3 Å². The molecule has 0 atom stereocenters. The summed E-state index contributed by atoms with van der Waals surface area (Å²) >= 11 is 1.28. The molecule has 1 amide bonds. The van der Waals surface area contributed by atoms with Crippen LogP contribution in [-0.4, -0.2) is 42.3 Å². The highest BCUT2D eigenvalue weighted by atomic mass is 32.1. The van der Waals surface area contributed by atoms with Gasteiger partial charge in [-0.1, -0.05) is 35.6 Å². The van der Waals surface area contributed by atoms with Gasteiger partial charge >= 0.3 is 5.97 Å². The Bertz CT molecular complexity index is 1280. The highest BCUT2D eigenvalue weighted by Crippen LogP contribution is 2.30. The lowest BCUT2D eigenvalue weighted by molar-refractivity contribution is -0.112. The molecule has 0 spiro atoms. The number of nitriles is 1. The third kappa shape index (κ3) is 6.02. The molecule has 1 fully saturated rings. The molecule has 178 valence electrons. The zero-order valence-electron chi connectivity index (χ0n) is 19.1. The van der Waals surface area contributed by atoms with E-state index in [2.05, 4.69) is 20.4 Å². The van der Waals surface area contributed by atoms with Gasteiger partial charge < -0.3 is 14.4 Å². The Balaban J connectivity index is 1.46. The van der Waals surface area contributed by atoms with Crippen molar-refractivity contribution in [2.24, 2.45) is 0 Å². The normalized spacial score (nSPS) is 13.6. The molecule has 10 heteroatoms. The molecule has 4 rings (SSSR count). The van der Waals surface area contributed by atoms with Crippen molar-refractivity contribution in [3.8, 4) is 17.6 Å². The third-order valence-electron chi connectivity index (χ3n) is 5.34. The van der Waals surface area contributed by atoms with Crippen LogP contribution in [0.3, 0.4) is 0 Å². The molecule has 2 aromatic carbocycles. The molecule has 3 aromatic rings. The Morgan fingerprint density at radius 1 is 1.09 bits per heavy atom. The standard InChI is InChI=1S/C25H23N5O4S/c1-33-21-15-17(10-11-20(21)34-23(32)18-8-4-2-5-9-18)14-19(16-26)22(31)27-24-28-29-25(35-24)30-12-6-3-7-13-30/h2,4-5,8-11,14-15H,3,6-7,12-13H2,1H3,(H,27,28,31)/b19-14-. The second-order valence-electron chi connectivity index (χ2n) is 7.73. The minimum absolute atomic E-state index is 0.115. The zero-order chi connectivity index (χ0) is 24.6. The van der Waals surface area contributed by atoms with Gasteiger partial charge in [-0.15, -0.1) is 10.2 Å². The molecule has 1 saturated heterocycles. The van der Waals surface area contributed by atoms with Gasteiger partial charge in [-0.05, 0) is 55.2 Å². The number of carbonyl (C=O) groups excluding carboxylic acids is 2. The van der Waals surface area contributed by atoms with Crippen LogP contribution in [-0.2, 0) is 4.79 Å². The van der Waals surface area contributed by atoms with Crippen LogP contribution < -0.4 is 19.7 Å². The van der Waals surface area contributed by atoms with Crippen molar-refractivity contribution in [1.29, 1.82) is 5.26 Å². The predicted octanol–water partition coefficient (Wildman–Crippen LogP) is 4.30. The number of ether oxygens (including phenoxy) is 2. The van der Waals surface area contributed by atoms with E-state index >= 15 is 0 Å². The van der Waals surface area contributed by atoms with Gasteiger partial charge in [0.25, 0.3) is 5.91 Å². The van der Waals surface area contributed by atoms with Gasteiger partial charge in [0, 0.05) is 13.1 Å². The number of aromatic nitrogens is 2. The molecule has 1 aromatic heterocycles. The lowest BCUT2D eigenvalue weighted by Crippen LogP contribution is -2.29. The number of hydrogen-bond acceptors (Lipinski definition) is 9. The highest BCUT2D eigenvalue weighted by molar-refractivity contribution is 7.19. The number of benzene rings is 2. The Labute approximate surface area is 206 Å². The second kappa shape index (κ2) is 11.3. The summed E-state index contributed by atoms with van der Waals surface area (Å²) in [6, 6.07) is 15.3.